The van der Waals surface area contributed by atoms with Crippen molar-refractivity contribution in [3.63, 3.8) is 0 Å². The first-order valence-corrected chi connectivity index (χ1v) is 10.3. The summed E-state index contributed by atoms with van der Waals surface area (Å²) in [6, 6.07) is 20.1. The summed E-state index contributed by atoms with van der Waals surface area (Å²) in [6.07, 6.45) is 0. The predicted octanol–water partition coefficient (Wildman–Crippen LogP) is 4.38. The van der Waals surface area contributed by atoms with Crippen molar-refractivity contribution in [3.8, 4) is 5.75 Å². The van der Waals surface area contributed by atoms with Gasteiger partial charge in [0.2, 0.25) is 5.91 Å². The van der Waals surface area contributed by atoms with Gasteiger partial charge >= 0.3 is 5.97 Å². The Bertz CT molecular complexity index is 1120. The highest BCUT2D eigenvalue weighted by Crippen LogP contribution is 2.25. The first-order chi connectivity index (χ1) is 15.0. The van der Waals surface area contributed by atoms with Crippen molar-refractivity contribution in [2.75, 3.05) is 23.5 Å². The summed E-state index contributed by atoms with van der Waals surface area (Å²) in [4.78, 5) is 36.9. The first-order valence-electron chi connectivity index (χ1n) is 9.27. The van der Waals surface area contributed by atoms with Gasteiger partial charge in [-0.25, -0.2) is 4.79 Å². The molecule has 0 saturated heterocycles. The van der Waals surface area contributed by atoms with Gasteiger partial charge in [0.15, 0.2) is 0 Å². The largest absolute Gasteiger partial charge is 0.495 e. The summed E-state index contributed by atoms with van der Waals surface area (Å²) < 4.78 is 5.22. The van der Waals surface area contributed by atoms with Crippen LogP contribution in [0.15, 0.2) is 77.7 Å². The fourth-order valence-electron chi connectivity index (χ4n) is 2.81. The molecule has 0 fully saturated rings. The average molecular weight is 436 g/mol. The zero-order chi connectivity index (χ0) is 22.2. The summed E-state index contributed by atoms with van der Waals surface area (Å²) in [5, 5.41) is 14.8. The minimum absolute atomic E-state index is 0.0708. The van der Waals surface area contributed by atoms with Gasteiger partial charge in [-0.3, -0.25) is 9.59 Å². The van der Waals surface area contributed by atoms with E-state index < -0.39 is 11.9 Å². The van der Waals surface area contributed by atoms with Crippen LogP contribution < -0.4 is 15.4 Å². The Labute approximate surface area is 183 Å². The highest BCUT2D eigenvalue weighted by molar-refractivity contribution is 8.00. The minimum Gasteiger partial charge on any atom is -0.495 e. The summed E-state index contributed by atoms with van der Waals surface area (Å²) in [7, 11) is 1.54. The molecule has 3 rings (SSSR count). The van der Waals surface area contributed by atoms with Crippen LogP contribution in [0.2, 0.25) is 0 Å². The van der Waals surface area contributed by atoms with Crippen molar-refractivity contribution in [1.82, 2.24) is 0 Å². The lowest BCUT2D eigenvalue weighted by Crippen LogP contribution is -2.16. The Hall–Kier alpha value is -3.78. The van der Waals surface area contributed by atoms with Gasteiger partial charge in [0.25, 0.3) is 5.91 Å². The molecule has 0 heterocycles. The number of carbonyl (C=O) groups excluding carboxylic acids is 2. The number of para-hydroxylation sites is 2. The Kier molecular flexibility index (Phi) is 7.29. The van der Waals surface area contributed by atoms with Crippen LogP contribution >= 0.6 is 11.8 Å². The quantitative estimate of drug-likeness (QED) is 0.453. The molecule has 0 aliphatic rings. The smallest absolute Gasteiger partial charge is 0.336 e. The average Bonchev–Trinajstić information content (AvgIpc) is 2.78. The molecular weight excluding hydrogens is 416 g/mol. The van der Waals surface area contributed by atoms with E-state index in [-0.39, 0.29) is 22.8 Å². The standard InChI is InChI=1S/C23H20N2O5S/c1-30-20-12-5-4-11-19(20)25-21(26)14-31-16-8-6-7-15(13-16)24-22(27)17-9-2-3-10-18(17)23(28)29/h2-13H,14H2,1H3,(H,24,27)(H,25,26)(H,28,29). The third-order valence-corrected chi connectivity index (χ3v) is 5.24. The number of carbonyl (C=O) groups is 3. The number of benzene rings is 3. The summed E-state index contributed by atoms with van der Waals surface area (Å²) in [5.41, 5.74) is 1.09. The molecule has 3 aromatic rings. The summed E-state index contributed by atoms with van der Waals surface area (Å²) in [5.74, 6) is -1.14. The number of rotatable bonds is 8. The molecule has 158 valence electrons. The molecule has 0 unspecified atom stereocenters. The number of methoxy groups -OCH3 is 1. The normalized spacial score (nSPS) is 10.2. The molecule has 0 radical (unpaired) electrons. The van der Waals surface area contributed by atoms with Gasteiger partial charge in [0.05, 0.1) is 29.7 Å². The number of thioether (sulfide) groups is 1. The van der Waals surface area contributed by atoms with Crippen molar-refractivity contribution in [2.24, 2.45) is 0 Å². The maximum atomic E-state index is 12.5. The van der Waals surface area contributed by atoms with E-state index in [0.717, 1.165) is 4.90 Å². The molecule has 8 heteroatoms. The molecule has 3 aromatic carbocycles. The van der Waals surface area contributed by atoms with Crippen molar-refractivity contribution in [1.29, 1.82) is 0 Å². The van der Waals surface area contributed by atoms with E-state index in [1.54, 1.807) is 48.5 Å². The summed E-state index contributed by atoms with van der Waals surface area (Å²) in [6.45, 7) is 0. The molecule has 0 saturated carbocycles. The fourth-order valence-corrected chi connectivity index (χ4v) is 3.57. The van der Waals surface area contributed by atoms with Crippen molar-refractivity contribution in [3.05, 3.63) is 83.9 Å². The number of amides is 2. The second kappa shape index (κ2) is 10.3. The van der Waals surface area contributed by atoms with Crippen LogP contribution in [0.1, 0.15) is 20.7 Å². The molecule has 7 nitrogen and oxygen atoms in total. The Balaban J connectivity index is 1.62. The zero-order valence-electron chi connectivity index (χ0n) is 16.6. The Morgan fingerprint density at radius 3 is 2.35 bits per heavy atom. The maximum absolute atomic E-state index is 12.5. The lowest BCUT2D eigenvalue weighted by Gasteiger charge is -2.10. The lowest BCUT2D eigenvalue weighted by atomic mass is 10.1. The van der Waals surface area contributed by atoms with Gasteiger partial charge in [-0.05, 0) is 42.5 Å². The van der Waals surface area contributed by atoms with E-state index in [1.165, 1.54) is 31.0 Å². The number of ether oxygens (including phenoxy) is 1. The van der Waals surface area contributed by atoms with Crippen LogP contribution in [0.3, 0.4) is 0 Å². The Morgan fingerprint density at radius 2 is 1.61 bits per heavy atom. The molecule has 0 aliphatic carbocycles. The molecule has 31 heavy (non-hydrogen) atoms. The van der Waals surface area contributed by atoms with Gasteiger partial charge in [0.1, 0.15) is 5.75 Å². The number of carboxylic acid groups (broad SMARTS) is 1. The second-order valence-corrected chi connectivity index (χ2v) is 7.42. The number of carboxylic acids is 1. The second-order valence-electron chi connectivity index (χ2n) is 6.37. The molecule has 3 N–H and O–H groups in total. The lowest BCUT2D eigenvalue weighted by molar-refractivity contribution is -0.113. The highest BCUT2D eigenvalue weighted by Gasteiger charge is 2.16. The molecule has 0 bridgehead atoms. The molecule has 0 aromatic heterocycles. The van der Waals surface area contributed by atoms with E-state index in [4.69, 9.17) is 4.74 Å². The number of nitrogens with one attached hydrogen (secondary N) is 2. The molecule has 2 amide bonds. The van der Waals surface area contributed by atoms with Crippen molar-refractivity contribution < 1.29 is 24.2 Å². The number of aromatic carboxylic acids is 1. The SMILES string of the molecule is COc1ccccc1NC(=O)CSc1cccc(NC(=O)c2ccccc2C(=O)O)c1. The van der Waals surface area contributed by atoms with Crippen LogP contribution in [-0.4, -0.2) is 35.8 Å². The van der Waals surface area contributed by atoms with Gasteiger partial charge in [-0.1, -0.05) is 30.3 Å². The third-order valence-electron chi connectivity index (χ3n) is 4.24. The van der Waals surface area contributed by atoms with Crippen LogP contribution in [0.4, 0.5) is 11.4 Å². The van der Waals surface area contributed by atoms with Crippen LogP contribution in [0.25, 0.3) is 0 Å². The van der Waals surface area contributed by atoms with Crippen molar-refractivity contribution >= 4 is 40.9 Å². The van der Waals surface area contributed by atoms with E-state index in [2.05, 4.69) is 10.6 Å². The monoisotopic (exact) mass is 436 g/mol. The highest BCUT2D eigenvalue weighted by atomic mass is 32.2. The van der Waals surface area contributed by atoms with Gasteiger partial charge < -0.3 is 20.5 Å². The maximum Gasteiger partial charge on any atom is 0.336 e. The van der Waals surface area contributed by atoms with Gasteiger partial charge in [0, 0.05) is 10.6 Å². The molecular formula is C23H20N2O5S. The van der Waals surface area contributed by atoms with Crippen LogP contribution in [0.5, 0.6) is 5.75 Å². The predicted molar refractivity (Wildman–Crippen MR) is 120 cm³/mol. The molecule has 0 atom stereocenters. The van der Waals surface area contributed by atoms with Crippen molar-refractivity contribution in [2.45, 2.75) is 4.90 Å². The van der Waals surface area contributed by atoms with E-state index in [0.29, 0.717) is 17.1 Å². The number of anilines is 2. The minimum atomic E-state index is -1.17. The molecule has 0 spiro atoms. The van der Waals surface area contributed by atoms with E-state index in [1.807, 2.05) is 12.1 Å². The van der Waals surface area contributed by atoms with Crippen LogP contribution in [0, 0.1) is 0 Å². The van der Waals surface area contributed by atoms with Gasteiger partial charge in [-0.15, -0.1) is 11.8 Å². The van der Waals surface area contributed by atoms with Crippen LogP contribution in [-0.2, 0) is 4.79 Å². The first kappa shape index (κ1) is 21.9. The Morgan fingerprint density at radius 1 is 0.903 bits per heavy atom. The third kappa shape index (κ3) is 5.86. The number of hydrogen-bond acceptors (Lipinski definition) is 5. The fraction of sp³-hybridized carbons (Fsp3) is 0.0870. The summed E-state index contributed by atoms with van der Waals surface area (Å²) >= 11 is 1.31. The van der Waals surface area contributed by atoms with E-state index >= 15 is 0 Å². The van der Waals surface area contributed by atoms with E-state index in [9.17, 15) is 19.5 Å². The zero-order valence-corrected chi connectivity index (χ0v) is 17.4. The molecule has 0 aliphatic heterocycles. The topological polar surface area (TPSA) is 105 Å². The van der Waals surface area contributed by atoms with Gasteiger partial charge in [-0.2, -0.15) is 0 Å². The number of hydrogen-bond donors (Lipinski definition) is 3.